The van der Waals surface area contributed by atoms with Gasteiger partial charge in [-0.15, -0.1) is 0 Å². The Kier molecular flexibility index (Phi) is 5.90. The van der Waals surface area contributed by atoms with E-state index in [1.807, 2.05) is 19.1 Å². The minimum absolute atomic E-state index is 0.223. The summed E-state index contributed by atoms with van der Waals surface area (Å²) in [4.78, 5) is 0. The molecule has 16 heavy (non-hydrogen) atoms. The van der Waals surface area contributed by atoms with Crippen LogP contribution in [0.15, 0.2) is 24.3 Å². The van der Waals surface area contributed by atoms with E-state index in [-0.39, 0.29) is 6.04 Å². The van der Waals surface area contributed by atoms with Gasteiger partial charge in [0.05, 0.1) is 6.61 Å². The smallest absolute Gasteiger partial charge is 0.119 e. The Bertz CT molecular complexity index is 302. The highest BCUT2D eigenvalue weighted by molar-refractivity contribution is 5.30. The summed E-state index contributed by atoms with van der Waals surface area (Å²) in [6.45, 7) is 4.87. The summed E-state index contributed by atoms with van der Waals surface area (Å²) >= 11 is 0. The SMILES string of the molecule is CCCCC(NN)c1cccc(OCC)c1. The molecule has 1 aromatic carbocycles. The molecule has 0 bridgehead atoms. The summed E-state index contributed by atoms with van der Waals surface area (Å²) in [5.74, 6) is 6.49. The molecule has 0 heterocycles. The lowest BCUT2D eigenvalue weighted by Crippen LogP contribution is -2.27. The maximum atomic E-state index is 5.58. The molecule has 0 aliphatic heterocycles. The Balaban J connectivity index is 2.71. The standard InChI is InChI=1S/C13H22N2O/c1-3-5-9-13(15-14)11-7-6-8-12(10-11)16-4-2/h6-8,10,13,15H,3-5,9,14H2,1-2H3. The van der Waals surface area contributed by atoms with E-state index in [1.165, 1.54) is 18.4 Å². The van der Waals surface area contributed by atoms with E-state index in [9.17, 15) is 0 Å². The van der Waals surface area contributed by atoms with Gasteiger partial charge in [-0.2, -0.15) is 0 Å². The van der Waals surface area contributed by atoms with Gasteiger partial charge in [-0.25, -0.2) is 0 Å². The van der Waals surface area contributed by atoms with Crippen LogP contribution in [0.25, 0.3) is 0 Å². The summed E-state index contributed by atoms with van der Waals surface area (Å²) in [6, 6.07) is 8.35. The van der Waals surface area contributed by atoms with Crippen molar-refractivity contribution >= 4 is 0 Å². The average Bonchev–Trinajstić information content (AvgIpc) is 2.31. The molecule has 1 atom stereocenters. The van der Waals surface area contributed by atoms with Crippen molar-refractivity contribution < 1.29 is 4.74 Å². The molecule has 1 unspecified atom stereocenters. The molecule has 3 N–H and O–H groups in total. The van der Waals surface area contributed by atoms with Crippen molar-refractivity contribution in [2.75, 3.05) is 6.61 Å². The van der Waals surface area contributed by atoms with Gasteiger partial charge in [0.15, 0.2) is 0 Å². The lowest BCUT2D eigenvalue weighted by molar-refractivity contribution is 0.339. The van der Waals surface area contributed by atoms with E-state index in [2.05, 4.69) is 24.5 Å². The van der Waals surface area contributed by atoms with Crippen LogP contribution in [-0.4, -0.2) is 6.61 Å². The van der Waals surface area contributed by atoms with Crippen LogP contribution in [0.3, 0.4) is 0 Å². The second-order valence-electron chi connectivity index (χ2n) is 3.87. The molecule has 1 rings (SSSR count). The van der Waals surface area contributed by atoms with Gasteiger partial charge in [0.2, 0.25) is 0 Å². The predicted octanol–water partition coefficient (Wildman–Crippen LogP) is 2.78. The fourth-order valence-corrected chi connectivity index (χ4v) is 1.74. The van der Waals surface area contributed by atoms with Crippen LogP contribution in [0.2, 0.25) is 0 Å². The number of unbranched alkanes of at least 4 members (excludes halogenated alkanes) is 1. The minimum atomic E-state index is 0.223. The van der Waals surface area contributed by atoms with E-state index in [4.69, 9.17) is 10.6 Å². The van der Waals surface area contributed by atoms with Crippen LogP contribution in [0.1, 0.15) is 44.7 Å². The molecule has 0 fully saturated rings. The Hall–Kier alpha value is -1.06. The third-order valence-electron chi connectivity index (χ3n) is 2.62. The molecule has 0 saturated carbocycles. The Labute approximate surface area is 98.0 Å². The van der Waals surface area contributed by atoms with Crippen LogP contribution >= 0.6 is 0 Å². The van der Waals surface area contributed by atoms with Gasteiger partial charge in [0, 0.05) is 6.04 Å². The highest BCUT2D eigenvalue weighted by atomic mass is 16.5. The number of ether oxygens (including phenoxy) is 1. The average molecular weight is 222 g/mol. The summed E-state index contributed by atoms with van der Waals surface area (Å²) in [5.41, 5.74) is 4.06. The molecule has 90 valence electrons. The molecule has 0 amide bonds. The highest BCUT2D eigenvalue weighted by Crippen LogP contribution is 2.22. The third-order valence-corrected chi connectivity index (χ3v) is 2.62. The number of hydrogen-bond acceptors (Lipinski definition) is 3. The van der Waals surface area contributed by atoms with Gasteiger partial charge >= 0.3 is 0 Å². The van der Waals surface area contributed by atoms with Crippen LogP contribution in [0.4, 0.5) is 0 Å². The molecule has 0 saturated heterocycles. The molecule has 1 aromatic rings. The molecular formula is C13H22N2O. The number of nitrogens with two attached hydrogens (primary N) is 1. The van der Waals surface area contributed by atoms with Crippen LogP contribution < -0.4 is 16.0 Å². The number of nitrogens with one attached hydrogen (secondary N) is 1. The quantitative estimate of drug-likeness (QED) is 0.551. The first-order valence-corrected chi connectivity index (χ1v) is 6.00. The first-order valence-electron chi connectivity index (χ1n) is 6.00. The fourth-order valence-electron chi connectivity index (χ4n) is 1.74. The van der Waals surface area contributed by atoms with E-state index < -0.39 is 0 Å². The molecule has 0 aromatic heterocycles. The van der Waals surface area contributed by atoms with Gasteiger partial charge in [-0.05, 0) is 31.0 Å². The lowest BCUT2D eigenvalue weighted by Gasteiger charge is -2.16. The van der Waals surface area contributed by atoms with E-state index in [1.54, 1.807) is 0 Å². The number of hydrazine groups is 1. The maximum absolute atomic E-state index is 5.58. The minimum Gasteiger partial charge on any atom is -0.494 e. The zero-order valence-electron chi connectivity index (χ0n) is 10.2. The normalized spacial score (nSPS) is 12.4. The van der Waals surface area contributed by atoms with E-state index >= 15 is 0 Å². The maximum Gasteiger partial charge on any atom is 0.119 e. The van der Waals surface area contributed by atoms with Gasteiger partial charge < -0.3 is 4.74 Å². The second-order valence-corrected chi connectivity index (χ2v) is 3.87. The Morgan fingerprint density at radius 2 is 2.19 bits per heavy atom. The van der Waals surface area contributed by atoms with E-state index in [0.717, 1.165) is 12.2 Å². The number of rotatable bonds is 7. The molecule has 0 radical (unpaired) electrons. The van der Waals surface area contributed by atoms with Gasteiger partial charge in [0.1, 0.15) is 5.75 Å². The predicted molar refractivity (Wildman–Crippen MR) is 67.2 cm³/mol. The molecule has 3 heteroatoms. The number of benzene rings is 1. The zero-order valence-corrected chi connectivity index (χ0v) is 10.2. The summed E-state index contributed by atoms with van der Waals surface area (Å²) in [7, 11) is 0. The lowest BCUT2D eigenvalue weighted by atomic mass is 10.0. The topological polar surface area (TPSA) is 47.3 Å². The molecule has 0 aliphatic carbocycles. The molecule has 0 spiro atoms. The largest absolute Gasteiger partial charge is 0.494 e. The Morgan fingerprint density at radius 3 is 2.81 bits per heavy atom. The van der Waals surface area contributed by atoms with Crippen molar-refractivity contribution in [3.05, 3.63) is 29.8 Å². The summed E-state index contributed by atoms with van der Waals surface area (Å²) < 4.78 is 5.48. The van der Waals surface area contributed by atoms with Gasteiger partial charge in [-0.1, -0.05) is 31.9 Å². The molecule has 0 aliphatic rings. The van der Waals surface area contributed by atoms with E-state index in [0.29, 0.717) is 6.61 Å². The van der Waals surface area contributed by atoms with Crippen molar-refractivity contribution in [2.45, 2.75) is 39.2 Å². The van der Waals surface area contributed by atoms with Crippen LogP contribution in [0.5, 0.6) is 5.75 Å². The van der Waals surface area contributed by atoms with Crippen molar-refractivity contribution in [1.82, 2.24) is 5.43 Å². The first-order chi connectivity index (χ1) is 7.81. The summed E-state index contributed by atoms with van der Waals surface area (Å²) in [6.07, 6.45) is 3.42. The van der Waals surface area contributed by atoms with Crippen molar-refractivity contribution in [3.8, 4) is 5.75 Å². The fraction of sp³-hybridized carbons (Fsp3) is 0.538. The number of hydrogen-bond donors (Lipinski definition) is 2. The van der Waals surface area contributed by atoms with Gasteiger partial charge in [-0.3, -0.25) is 11.3 Å². The van der Waals surface area contributed by atoms with Crippen molar-refractivity contribution in [1.29, 1.82) is 0 Å². The second kappa shape index (κ2) is 7.25. The van der Waals surface area contributed by atoms with Crippen LogP contribution in [-0.2, 0) is 0 Å². The molecule has 3 nitrogen and oxygen atoms in total. The summed E-state index contributed by atoms with van der Waals surface area (Å²) in [5, 5.41) is 0. The highest BCUT2D eigenvalue weighted by Gasteiger charge is 2.09. The van der Waals surface area contributed by atoms with Crippen molar-refractivity contribution in [3.63, 3.8) is 0 Å². The van der Waals surface area contributed by atoms with Crippen molar-refractivity contribution in [2.24, 2.45) is 5.84 Å². The van der Waals surface area contributed by atoms with Gasteiger partial charge in [0.25, 0.3) is 0 Å². The monoisotopic (exact) mass is 222 g/mol. The first kappa shape index (κ1) is 13.0. The zero-order chi connectivity index (χ0) is 11.8. The molecular weight excluding hydrogens is 200 g/mol. The Morgan fingerprint density at radius 1 is 1.38 bits per heavy atom. The van der Waals surface area contributed by atoms with Crippen LogP contribution in [0, 0.1) is 0 Å². The third kappa shape index (κ3) is 3.83.